The molecule has 2 aromatic carbocycles. The molecule has 3 heteroatoms. The highest BCUT2D eigenvalue weighted by Crippen LogP contribution is 2.14. The predicted molar refractivity (Wildman–Crippen MR) is 72.3 cm³/mol. The van der Waals surface area contributed by atoms with E-state index in [1.807, 2.05) is 19.1 Å². The molecule has 0 aliphatic rings. The summed E-state index contributed by atoms with van der Waals surface area (Å²) >= 11 is 0. The Kier molecular flexibility index (Phi) is 4.08. The molecule has 0 heterocycles. The summed E-state index contributed by atoms with van der Waals surface area (Å²) in [7, 11) is 0. The maximum Gasteiger partial charge on any atom is 0.372 e. The number of esters is 1. The molecule has 0 fully saturated rings. The van der Waals surface area contributed by atoms with E-state index in [1.165, 1.54) is 0 Å². The smallest absolute Gasteiger partial charge is 0.372 e. The normalized spacial score (nSPS) is 11.2. The van der Waals surface area contributed by atoms with Crippen LogP contribution in [0.4, 0.5) is 4.39 Å². The average Bonchev–Trinajstić information content (AvgIpc) is 2.42. The van der Waals surface area contributed by atoms with Crippen molar-refractivity contribution in [2.75, 3.05) is 0 Å². The maximum absolute atomic E-state index is 13.7. The van der Waals surface area contributed by atoms with Gasteiger partial charge in [-0.05, 0) is 30.7 Å². The minimum absolute atomic E-state index is 0.319. The number of halogens is 1. The lowest BCUT2D eigenvalue weighted by Gasteiger charge is -2.02. The van der Waals surface area contributed by atoms with Gasteiger partial charge in [0.05, 0.1) is 0 Å². The van der Waals surface area contributed by atoms with Gasteiger partial charge in [-0.2, -0.15) is 4.39 Å². The molecule has 0 amide bonds. The third kappa shape index (κ3) is 3.78. The van der Waals surface area contributed by atoms with Gasteiger partial charge < -0.3 is 4.74 Å². The minimum atomic E-state index is -0.994. The van der Waals surface area contributed by atoms with Gasteiger partial charge in [-0.15, -0.1) is 0 Å². The average molecular weight is 256 g/mol. The number of ether oxygens (including phenoxy) is 1. The maximum atomic E-state index is 13.7. The van der Waals surface area contributed by atoms with E-state index in [9.17, 15) is 9.18 Å². The van der Waals surface area contributed by atoms with E-state index < -0.39 is 11.8 Å². The summed E-state index contributed by atoms with van der Waals surface area (Å²) in [6, 6.07) is 15.6. The summed E-state index contributed by atoms with van der Waals surface area (Å²) in [6.07, 6.45) is 1.16. The topological polar surface area (TPSA) is 26.3 Å². The monoisotopic (exact) mass is 256 g/mol. The van der Waals surface area contributed by atoms with Crippen LogP contribution in [-0.4, -0.2) is 5.97 Å². The molecule has 0 atom stereocenters. The van der Waals surface area contributed by atoms with Crippen molar-refractivity contribution in [3.05, 3.63) is 71.6 Å². The molecule has 0 radical (unpaired) electrons. The Labute approximate surface area is 111 Å². The second-order valence-electron chi connectivity index (χ2n) is 4.11. The Morgan fingerprint density at radius 1 is 1.05 bits per heavy atom. The Hall–Kier alpha value is -2.42. The summed E-state index contributed by atoms with van der Waals surface area (Å²) < 4.78 is 18.5. The van der Waals surface area contributed by atoms with Crippen LogP contribution < -0.4 is 4.74 Å². The molecule has 19 heavy (non-hydrogen) atoms. The SMILES string of the molecule is Cc1ccc(/C=C(\F)C(=O)Oc2ccccc2)cc1. The predicted octanol–water partition coefficient (Wildman–Crippen LogP) is 3.91. The van der Waals surface area contributed by atoms with Gasteiger partial charge in [0.1, 0.15) is 5.75 Å². The molecule has 0 bridgehead atoms. The summed E-state index contributed by atoms with van der Waals surface area (Å²) in [5, 5.41) is 0. The molecule has 0 aliphatic carbocycles. The first kappa shape index (κ1) is 13.0. The fraction of sp³-hybridized carbons (Fsp3) is 0.0625. The summed E-state index contributed by atoms with van der Waals surface area (Å²) in [5.74, 6) is -1.60. The molecule has 96 valence electrons. The fourth-order valence-electron chi connectivity index (χ4n) is 1.51. The van der Waals surface area contributed by atoms with Gasteiger partial charge in [-0.25, -0.2) is 4.79 Å². The van der Waals surface area contributed by atoms with Crippen molar-refractivity contribution in [1.82, 2.24) is 0 Å². The van der Waals surface area contributed by atoms with Gasteiger partial charge >= 0.3 is 5.97 Å². The lowest BCUT2D eigenvalue weighted by atomic mass is 10.1. The summed E-state index contributed by atoms with van der Waals surface area (Å²) in [4.78, 5) is 11.5. The van der Waals surface area contributed by atoms with Crippen molar-refractivity contribution >= 4 is 12.0 Å². The minimum Gasteiger partial charge on any atom is -0.421 e. The number of benzene rings is 2. The number of aryl methyl sites for hydroxylation is 1. The molecule has 2 rings (SSSR count). The van der Waals surface area contributed by atoms with Crippen LogP contribution in [0.15, 0.2) is 60.4 Å². The van der Waals surface area contributed by atoms with Crippen molar-refractivity contribution in [3.8, 4) is 5.75 Å². The van der Waals surface area contributed by atoms with Crippen LogP contribution in [-0.2, 0) is 4.79 Å². The second-order valence-corrected chi connectivity index (χ2v) is 4.11. The van der Waals surface area contributed by atoms with E-state index in [1.54, 1.807) is 42.5 Å². The standard InChI is InChI=1S/C16H13FO2/c1-12-7-9-13(10-8-12)11-15(17)16(18)19-14-5-3-2-4-6-14/h2-11H,1H3/b15-11-. The lowest BCUT2D eigenvalue weighted by Crippen LogP contribution is -2.08. The number of carbonyl (C=O) groups is 1. The van der Waals surface area contributed by atoms with E-state index >= 15 is 0 Å². The number of hydrogen-bond donors (Lipinski definition) is 0. The number of carbonyl (C=O) groups excluding carboxylic acids is 1. The Morgan fingerprint density at radius 2 is 1.68 bits per heavy atom. The molecule has 0 spiro atoms. The zero-order valence-corrected chi connectivity index (χ0v) is 10.5. The molecule has 0 unspecified atom stereocenters. The van der Waals surface area contributed by atoms with E-state index in [2.05, 4.69) is 0 Å². The second kappa shape index (κ2) is 5.96. The first-order valence-electron chi connectivity index (χ1n) is 5.86. The third-order valence-corrected chi connectivity index (χ3v) is 2.52. The zero-order valence-electron chi connectivity index (χ0n) is 10.5. The molecule has 0 saturated heterocycles. The molecule has 2 aromatic rings. The zero-order chi connectivity index (χ0) is 13.7. The van der Waals surface area contributed by atoms with Crippen LogP contribution in [0, 0.1) is 6.92 Å². The third-order valence-electron chi connectivity index (χ3n) is 2.52. The molecule has 0 aliphatic heterocycles. The van der Waals surface area contributed by atoms with Gasteiger partial charge in [-0.3, -0.25) is 0 Å². The highest BCUT2D eigenvalue weighted by atomic mass is 19.1. The number of hydrogen-bond acceptors (Lipinski definition) is 2. The van der Waals surface area contributed by atoms with E-state index in [0.29, 0.717) is 11.3 Å². The van der Waals surface area contributed by atoms with Gasteiger partial charge in [0.2, 0.25) is 5.83 Å². The number of rotatable bonds is 3. The van der Waals surface area contributed by atoms with Gasteiger partial charge in [0.15, 0.2) is 0 Å². The largest absolute Gasteiger partial charge is 0.421 e. The molecular weight excluding hydrogens is 243 g/mol. The fourth-order valence-corrected chi connectivity index (χ4v) is 1.51. The molecular formula is C16H13FO2. The Balaban J connectivity index is 2.08. The summed E-state index contributed by atoms with van der Waals surface area (Å²) in [5.41, 5.74) is 1.69. The van der Waals surface area contributed by atoms with E-state index in [4.69, 9.17) is 4.74 Å². The molecule has 0 N–H and O–H groups in total. The van der Waals surface area contributed by atoms with Crippen LogP contribution in [0.3, 0.4) is 0 Å². The van der Waals surface area contributed by atoms with Crippen molar-refractivity contribution in [2.24, 2.45) is 0 Å². The highest BCUT2D eigenvalue weighted by molar-refractivity contribution is 5.92. The van der Waals surface area contributed by atoms with Crippen LogP contribution in [0.25, 0.3) is 6.08 Å². The van der Waals surface area contributed by atoms with Crippen molar-refractivity contribution in [1.29, 1.82) is 0 Å². The van der Waals surface area contributed by atoms with E-state index in [-0.39, 0.29) is 0 Å². The lowest BCUT2D eigenvalue weighted by molar-refractivity contribution is -0.131. The van der Waals surface area contributed by atoms with Gasteiger partial charge in [0, 0.05) is 0 Å². The van der Waals surface area contributed by atoms with Crippen molar-refractivity contribution in [3.63, 3.8) is 0 Å². The van der Waals surface area contributed by atoms with Crippen molar-refractivity contribution in [2.45, 2.75) is 6.92 Å². The van der Waals surface area contributed by atoms with Crippen molar-refractivity contribution < 1.29 is 13.9 Å². The first-order valence-corrected chi connectivity index (χ1v) is 5.86. The van der Waals surface area contributed by atoms with Crippen LogP contribution in [0.5, 0.6) is 5.75 Å². The van der Waals surface area contributed by atoms with Gasteiger partial charge in [-0.1, -0.05) is 48.0 Å². The highest BCUT2D eigenvalue weighted by Gasteiger charge is 2.11. The molecule has 2 nitrogen and oxygen atoms in total. The summed E-state index contributed by atoms with van der Waals surface area (Å²) in [6.45, 7) is 1.94. The van der Waals surface area contributed by atoms with Crippen LogP contribution in [0.2, 0.25) is 0 Å². The Bertz CT molecular complexity index is 586. The first-order chi connectivity index (χ1) is 9.15. The molecule has 0 saturated carbocycles. The van der Waals surface area contributed by atoms with Gasteiger partial charge in [0.25, 0.3) is 0 Å². The van der Waals surface area contributed by atoms with Crippen LogP contribution in [0.1, 0.15) is 11.1 Å². The van der Waals surface area contributed by atoms with Crippen LogP contribution >= 0.6 is 0 Å². The Morgan fingerprint density at radius 3 is 2.32 bits per heavy atom. The van der Waals surface area contributed by atoms with E-state index in [0.717, 1.165) is 11.6 Å². The number of para-hydroxylation sites is 1. The molecule has 0 aromatic heterocycles. The quantitative estimate of drug-likeness (QED) is 0.473.